The van der Waals surface area contributed by atoms with Gasteiger partial charge < -0.3 is 15.5 Å². The smallest absolute Gasteiger partial charge is 0.246 e. The molecule has 6 nitrogen and oxygen atoms in total. The van der Waals surface area contributed by atoms with Gasteiger partial charge in [0.25, 0.3) is 0 Å². The summed E-state index contributed by atoms with van der Waals surface area (Å²) in [5.41, 5.74) is 1.89. The number of nitrogens with one attached hydrogen (secondary N) is 2. The van der Waals surface area contributed by atoms with Gasteiger partial charge in [-0.25, -0.2) is 8.42 Å². The minimum Gasteiger partial charge on any atom is -0.381 e. The van der Waals surface area contributed by atoms with Crippen molar-refractivity contribution in [2.24, 2.45) is 0 Å². The molecular weight excluding hydrogens is 278 g/mol. The molecule has 0 radical (unpaired) electrons. The Kier molecular flexibility index (Phi) is 3.29. The minimum atomic E-state index is -2.96. The first kappa shape index (κ1) is 13.2. The van der Waals surface area contributed by atoms with Crippen LogP contribution in [0.1, 0.15) is 0 Å². The fourth-order valence-electron chi connectivity index (χ4n) is 2.52. The molecule has 3 rings (SSSR count). The SMILES string of the molecule is O=C(C1CNc2ccccc2N1)N1CCS(=O)(=O)CC1. The summed E-state index contributed by atoms with van der Waals surface area (Å²) in [7, 11) is -2.96. The van der Waals surface area contributed by atoms with Crippen molar-refractivity contribution < 1.29 is 13.2 Å². The lowest BCUT2D eigenvalue weighted by Crippen LogP contribution is -2.52. The molecule has 0 bridgehead atoms. The molecule has 20 heavy (non-hydrogen) atoms. The molecule has 1 amide bonds. The largest absolute Gasteiger partial charge is 0.381 e. The average Bonchev–Trinajstić information content (AvgIpc) is 2.46. The van der Waals surface area contributed by atoms with Gasteiger partial charge in [-0.15, -0.1) is 0 Å². The third-order valence-corrected chi connectivity index (χ3v) is 5.32. The van der Waals surface area contributed by atoms with Crippen LogP contribution in [0.5, 0.6) is 0 Å². The third kappa shape index (κ3) is 2.58. The predicted molar refractivity (Wildman–Crippen MR) is 77.6 cm³/mol. The fraction of sp³-hybridized carbons (Fsp3) is 0.462. The maximum Gasteiger partial charge on any atom is 0.246 e. The molecule has 2 N–H and O–H groups in total. The van der Waals surface area contributed by atoms with E-state index in [4.69, 9.17) is 0 Å². The second-order valence-corrected chi connectivity index (χ2v) is 7.40. The summed E-state index contributed by atoms with van der Waals surface area (Å²) in [6, 6.07) is 7.38. The molecule has 7 heteroatoms. The van der Waals surface area contributed by atoms with Crippen LogP contribution < -0.4 is 10.6 Å². The van der Waals surface area contributed by atoms with Gasteiger partial charge in [0.05, 0.1) is 22.9 Å². The highest BCUT2D eigenvalue weighted by atomic mass is 32.2. The van der Waals surface area contributed by atoms with Crippen LogP contribution in [0.4, 0.5) is 11.4 Å². The molecule has 0 aliphatic carbocycles. The molecule has 0 saturated carbocycles. The first-order chi connectivity index (χ1) is 9.55. The lowest BCUT2D eigenvalue weighted by atomic mass is 10.1. The normalized spacial score (nSPS) is 24.2. The number of para-hydroxylation sites is 2. The van der Waals surface area contributed by atoms with E-state index in [0.29, 0.717) is 19.6 Å². The molecule has 108 valence electrons. The van der Waals surface area contributed by atoms with E-state index in [1.165, 1.54) is 0 Å². The lowest BCUT2D eigenvalue weighted by molar-refractivity contribution is -0.131. The average molecular weight is 295 g/mol. The Morgan fingerprint density at radius 3 is 2.50 bits per heavy atom. The molecule has 1 atom stereocenters. The minimum absolute atomic E-state index is 0.0399. The number of amides is 1. The van der Waals surface area contributed by atoms with Gasteiger partial charge in [0, 0.05) is 19.6 Å². The van der Waals surface area contributed by atoms with Gasteiger partial charge in [-0.3, -0.25) is 4.79 Å². The van der Waals surface area contributed by atoms with Crippen LogP contribution in [0.2, 0.25) is 0 Å². The highest BCUT2D eigenvalue weighted by molar-refractivity contribution is 7.91. The predicted octanol–water partition coefficient (Wildman–Crippen LogP) is 0.150. The summed E-state index contributed by atoms with van der Waals surface area (Å²) >= 11 is 0. The second-order valence-electron chi connectivity index (χ2n) is 5.10. The Hall–Kier alpha value is -1.76. The Morgan fingerprint density at radius 2 is 1.80 bits per heavy atom. The van der Waals surface area contributed by atoms with Crippen LogP contribution in [0.15, 0.2) is 24.3 Å². The van der Waals surface area contributed by atoms with Crippen molar-refractivity contribution in [3.8, 4) is 0 Å². The number of sulfone groups is 1. The quantitative estimate of drug-likeness (QED) is 0.771. The van der Waals surface area contributed by atoms with Crippen LogP contribution >= 0.6 is 0 Å². The summed E-state index contributed by atoms with van der Waals surface area (Å²) in [6.45, 7) is 1.10. The van der Waals surface area contributed by atoms with Crippen LogP contribution in [-0.4, -0.2) is 56.4 Å². The van der Waals surface area contributed by atoms with Crippen molar-refractivity contribution in [1.82, 2.24) is 4.90 Å². The van der Waals surface area contributed by atoms with Crippen molar-refractivity contribution in [3.63, 3.8) is 0 Å². The molecule has 1 aromatic rings. The van der Waals surface area contributed by atoms with E-state index in [1.54, 1.807) is 4.90 Å². The van der Waals surface area contributed by atoms with E-state index in [9.17, 15) is 13.2 Å². The Bertz CT molecular complexity index is 616. The van der Waals surface area contributed by atoms with E-state index in [-0.39, 0.29) is 23.5 Å². The molecule has 1 fully saturated rings. The number of anilines is 2. The zero-order chi connectivity index (χ0) is 14.2. The molecule has 1 saturated heterocycles. The second kappa shape index (κ2) is 4.97. The van der Waals surface area contributed by atoms with Gasteiger partial charge in [0.2, 0.25) is 5.91 Å². The first-order valence-electron chi connectivity index (χ1n) is 6.64. The number of hydrogen-bond donors (Lipinski definition) is 2. The van der Waals surface area contributed by atoms with Crippen LogP contribution in [0, 0.1) is 0 Å². The monoisotopic (exact) mass is 295 g/mol. The molecule has 2 aliphatic heterocycles. The zero-order valence-corrected chi connectivity index (χ0v) is 11.8. The zero-order valence-electron chi connectivity index (χ0n) is 11.0. The maximum absolute atomic E-state index is 12.4. The van der Waals surface area contributed by atoms with E-state index in [1.807, 2.05) is 24.3 Å². The van der Waals surface area contributed by atoms with E-state index < -0.39 is 9.84 Å². The molecule has 0 aromatic heterocycles. The molecule has 1 unspecified atom stereocenters. The van der Waals surface area contributed by atoms with Crippen LogP contribution in [0.3, 0.4) is 0 Å². The first-order valence-corrected chi connectivity index (χ1v) is 8.46. The number of nitrogens with zero attached hydrogens (tertiary/aromatic N) is 1. The molecule has 2 heterocycles. The van der Waals surface area contributed by atoms with Crippen molar-refractivity contribution in [2.45, 2.75) is 6.04 Å². The number of hydrogen-bond acceptors (Lipinski definition) is 5. The van der Waals surface area contributed by atoms with Crippen molar-refractivity contribution >= 4 is 27.1 Å². The number of fused-ring (bicyclic) bond motifs is 1. The fourth-order valence-corrected chi connectivity index (χ4v) is 3.72. The maximum atomic E-state index is 12.4. The number of rotatable bonds is 1. The van der Waals surface area contributed by atoms with E-state index in [0.717, 1.165) is 11.4 Å². The van der Waals surface area contributed by atoms with Gasteiger partial charge in [0.1, 0.15) is 6.04 Å². The molecule has 0 spiro atoms. The third-order valence-electron chi connectivity index (χ3n) is 3.71. The van der Waals surface area contributed by atoms with E-state index in [2.05, 4.69) is 10.6 Å². The van der Waals surface area contributed by atoms with Crippen LogP contribution in [0.25, 0.3) is 0 Å². The topological polar surface area (TPSA) is 78.5 Å². The number of carbonyl (C=O) groups excluding carboxylic acids is 1. The Labute approximate surface area is 118 Å². The summed E-state index contributed by atoms with van der Waals surface area (Å²) in [5, 5.41) is 6.43. The molecular formula is C13H17N3O3S. The van der Waals surface area contributed by atoms with Gasteiger partial charge in [-0.1, -0.05) is 12.1 Å². The summed E-state index contributed by atoms with van der Waals surface area (Å²) in [5.74, 6) is 0.0900. The molecule has 2 aliphatic rings. The van der Waals surface area contributed by atoms with E-state index >= 15 is 0 Å². The van der Waals surface area contributed by atoms with Crippen molar-refractivity contribution in [1.29, 1.82) is 0 Å². The summed E-state index contributed by atoms with van der Waals surface area (Å²) in [6.07, 6.45) is 0. The van der Waals surface area contributed by atoms with Gasteiger partial charge in [-0.2, -0.15) is 0 Å². The van der Waals surface area contributed by atoms with Gasteiger partial charge in [0.15, 0.2) is 9.84 Å². The summed E-state index contributed by atoms with van der Waals surface area (Å²) < 4.78 is 22.8. The van der Waals surface area contributed by atoms with Crippen LogP contribution in [-0.2, 0) is 14.6 Å². The lowest BCUT2D eigenvalue weighted by Gasteiger charge is -2.33. The molecule has 1 aromatic carbocycles. The Balaban J connectivity index is 1.68. The number of carbonyl (C=O) groups is 1. The highest BCUT2D eigenvalue weighted by Crippen LogP contribution is 2.25. The standard InChI is InChI=1S/C13H17N3O3S/c17-13(16-5-7-20(18,19)8-6-16)12-9-14-10-3-1-2-4-11(10)15-12/h1-4,12,14-15H,5-9H2. The van der Waals surface area contributed by atoms with Gasteiger partial charge >= 0.3 is 0 Å². The number of benzene rings is 1. The van der Waals surface area contributed by atoms with Crippen molar-refractivity contribution in [2.75, 3.05) is 41.8 Å². The summed E-state index contributed by atoms with van der Waals surface area (Å²) in [4.78, 5) is 14.0. The Morgan fingerprint density at radius 1 is 1.15 bits per heavy atom. The van der Waals surface area contributed by atoms with Crippen molar-refractivity contribution in [3.05, 3.63) is 24.3 Å². The van der Waals surface area contributed by atoms with Gasteiger partial charge in [-0.05, 0) is 12.1 Å². The highest BCUT2D eigenvalue weighted by Gasteiger charge is 2.31.